The molecular weight excluding hydrogens is 476 g/mol. The van der Waals surface area contributed by atoms with E-state index in [1.165, 1.54) is 32.4 Å². The zero-order valence-electron chi connectivity index (χ0n) is 19.7. The normalized spacial score (nSPS) is 11.1. The summed E-state index contributed by atoms with van der Waals surface area (Å²) in [6.07, 6.45) is 0. The van der Waals surface area contributed by atoms with Crippen molar-refractivity contribution in [3.8, 4) is 11.5 Å². The maximum atomic E-state index is 13.8. The summed E-state index contributed by atoms with van der Waals surface area (Å²) in [5.74, 6) is 0.175. The fraction of sp³-hybridized carbons (Fsp3) is 0.240. The molecule has 0 aliphatic carbocycles. The van der Waals surface area contributed by atoms with Crippen LogP contribution in [-0.2, 0) is 14.8 Å². The van der Waals surface area contributed by atoms with E-state index in [9.17, 15) is 13.2 Å². The molecular formula is C25H27ClN2O5S. The number of nitrogens with zero attached hydrogens (tertiary/aromatic N) is 1. The Morgan fingerprint density at radius 3 is 2.15 bits per heavy atom. The molecule has 34 heavy (non-hydrogen) atoms. The molecule has 0 saturated carbocycles. The monoisotopic (exact) mass is 502 g/mol. The van der Waals surface area contributed by atoms with Crippen molar-refractivity contribution in [2.75, 3.05) is 30.4 Å². The second-order valence-electron chi connectivity index (χ2n) is 7.88. The Morgan fingerprint density at radius 1 is 0.912 bits per heavy atom. The number of rotatable bonds is 8. The van der Waals surface area contributed by atoms with Crippen LogP contribution in [0.25, 0.3) is 0 Å². The molecule has 0 aromatic heterocycles. The van der Waals surface area contributed by atoms with Crippen LogP contribution >= 0.6 is 11.6 Å². The molecule has 0 radical (unpaired) electrons. The molecule has 180 valence electrons. The van der Waals surface area contributed by atoms with Gasteiger partial charge in [0.1, 0.15) is 6.54 Å². The smallest absolute Gasteiger partial charge is 0.264 e. The molecule has 3 aromatic carbocycles. The first-order chi connectivity index (χ1) is 16.0. The summed E-state index contributed by atoms with van der Waals surface area (Å²) in [7, 11) is -1.24. The quantitative estimate of drug-likeness (QED) is 0.462. The average molecular weight is 503 g/mol. The maximum absolute atomic E-state index is 13.8. The van der Waals surface area contributed by atoms with Gasteiger partial charge in [-0.2, -0.15) is 0 Å². The number of nitrogens with one attached hydrogen (secondary N) is 1. The number of amides is 1. The predicted molar refractivity (Wildman–Crippen MR) is 135 cm³/mol. The molecule has 0 aliphatic rings. The summed E-state index contributed by atoms with van der Waals surface area (Å²) in [5.41, 5.74) is 3.45. The molecule has 9 heteroatoms. The Balaban J connectivity index is 2.04. The van der Waals surface area contributed by atoms with Gasteiger partial charge in [-0.05, 0) is 79.9 Å². The summed E-state index contributed by atoms with van der Waals surface area (Å²) < 4.78 is 39.1. The minimum atomic E-state index is -4.13. The summed E-state index contributed by atoms with van der Waals surface area (Å²) in [6, 6.07) is 14.8. The molecule has 3 aromatic rings. The third-order valence-corrected chi connectivity index (χ3v) is 7.19. The number of hydrogen-bond donors (Lipinski definition) is 1. The number of benzene rings is 3. The van der Waals surface area contributed by atoms with E-state index < -0.39 is 22.5 Å². The Bertz CT molecular complexity index is 1300. The number of methoxy groups -OCH3 is 2. The van der Waals surface area contributed by atoms with Crippen LogP contribution in [0.2, 0.25) is 5.02 Å². The second-order valence-corrected chi connectivity index (χ2v) is 10.2. The number of carbonyl (C=O) groups is 1. The van der Waals surface area contributed by atoms with Crippen molar-refractivity contribution in [3.63, 3.8) is 0 Å². The van der Waals surface area contributed by atoms with E-state index in [1.54, 1.807) is 30.3 Å². The van der Waals surface area contributed by atoms with Crippen molar-refractivity contribution in [1.82, 2.24) is 0 Å². The summed E-state index contributed by atoms with van der Waals surface area (Å²) in [5, 5.41) is 3.33. The number of ether oxygens (including phenoxy) is 2. The van der Waals surface area contributed by atoms with Crippen molar-refractivity contribution in [3.05, 3.63) is 76.3 Å². The summed E-state index contributed by atoms with van der Waals surface area (Å²) in [6.45, 7) is 5.12. The van der Waals surface area contributed by atoms with E-state index in [0.717, 1.165) is 21.0 Å². The Morgan fingerprint density at radius 2 is 1.56 bits per heavy atom. The number of carbonyl (C=O) groups excluding carboxylic acids is 1. The van der Waals surface area contributed by atoms with Gasteiger partial charge in [0.05, 0.1) is 24.8 Å². The largest absolute Gasteiger partial charge is 0.493 e. The lowest BCUT2D eigenvalue weighted by Gasteiger charge is -2.25. The Labute approximate surface area is 205 Å². The Hall–Kier alpha value is -3.23. The number of halogens is 1. The van der Waals surface area contributed by atoms with Gasteiger partial charge >= 0.3 is 0 Å². The van der Waals surface area contributed by atoms with Gasteiger partial charge in [-0.3, -0.25) is 9.10 Å². The second kappa shape index (κ2) is 10.4. The number of hydrogen-bond acceptors (Lipinski definition) is 5. The van der Waals surface area contributed by atoms with E-state index in [-0.39, 0.29) is 10.6 Å². The number of sulfonamides is 1. The van der Waals surface area contributed by atoms with Crippen molar-refractivity contribution in [1.29, 1.82) is 0 Å². The molecule has 7 nitrogen and oxygen atoms in total. The number of aryl methyl sites for hydroxylation is 3. The first kappa shape index (κ1) is 25.4. The van der Waals surface area contributed by atoms with Gasteiger partial charge in [-0.15, -0.1) is 0 Å². The average Bonchev–Trinajstić information content (AvgIpc) is 2.78. The molecule has 0 aliphatic heterocycles. The van der Waals surface area contributed by atoms with E-state index in [2.05, 4.69) is 5.32 Å². The van der Waals surface area contributed by atoms with Crippen LogP contribution < -0.4 is 19.1 Å². The fourth-order valence-electron chi connectivity index (χ4n) is 3.60. The van der Waals surface area contributed by atoms with Gasteiger partial charge in [0, 0.05) is 16.8 Å². The highest BCUT2D eigenvalue weighted by molar-refractivity contribution is 7.92. The van der Waals surface area contributed by atoms with Gasteiger partial charge < -0.3 is 14.8 Å². The van der Waals surface area contributed by atoms with E-state index in [4.69, 9.17) is 21.1 Å². The highest BCUT2D eigenvalue weighted by Gasteiger charge is 2.29. The van der Waals surface area contributed by atoms with Crippen LogP contribution in [0, 0.1) is 20.8 Å². The SMILES string of the molecule is COc1ccc(S(=O)(=O)N(CC(=O)Nc2ccc(Cl)cc2C)c2cc(C)cc(C)c2)cc1OC. The van der Waals surface area contributed by atoms with Crippen LogP contribution in [-0.4, -0.2) is 35.1 Å². The molecule has 0 heterocycles. The maximum Gasteiger partial charge on any atom is 0.264 e. The zero-order valence-corrected chi connectivity index (χ0v) is 21.3. The Kier molecular flexibility index (Phi) is 7.74. The van der Waals surface area contributed by atoms with Gasteiger partial charge in [-0.25, -0.2) is 8.42 Å². The van der Waals surface area contributed by atoms with Gasteiger partial charge in [0.25, 0.3) is 10.0 Å². The lowest BCUT2D eigenvalue weighted by atomic mass is 10.1. The highest BCUT2D eigenvalue weighted by atomic mass is 35.5. The van der Waals surface area contributed by atoms with Crippen molar-refractivity contribution in [2.45, 2.75) is 25.7 Å². The molecule has 3 rings (SSSR count). The van der Waals surface area contributed by atoms with Crippen molar-refractivity contribution in [2.24, 2.45) is 0 Å². The molecule has 0 bridgehead atoms. The first-order valence-electron chi connectivity index (χ1n) is 10.4. The van der Waals surface area contributed by atoms with Crippen LogP contribution in [0.15, 0.2) is 59.5 Å². The molecule has 0 spiro atoms. The van der Waals surface area contributed by atoms with Crippen LogP contribution in [0.1, 0.15) is 16.7 Å². The molecule has 0 unspecified atom stereocenters. The fourth-order valence-corrected chi connectivity index (χ4v) is 5.25. The standard InChI is InChI=1S/C25H27ClN2O5S/c1-16-10-17(2)12-20(11-16)28(15-25(29)27-22-8-6-19(26)13-18(22)3)34(30,31)21-7-9-23(32-4)24(14-21)33-5/h6-14H,15H2,1-5H3,(H,27,29). The van der Waals surface area contributed by atoms with Gasteiger partial charge in [0.2, 0.25) is 5.91 Å². The van der Waals surface area contributed by atoms with Crippen molar-refractivity contribution >= 4 is 38.9 Å². The lowest BCUT2D eigenvalue weighted by molar-refractivity contribution is -0.114. The van der Waals surface area contributed by atoms with Crippen LogP contribution in [0.4, 0.5) is 11.4 Å². The number of anilines is 2. The molecule has 1 amide bonds. The zero-order chi connectivity index (χ0) is 25.0. The highest BCUT2D eigenvalue weighted by Crippen LogP contribution is 2.33. The topological polar surface area (TPSA) is 84.9 Å². The molecule has 1 N–H and O–H groups in total. The van der Waals surface area contributed by atoms with E-state index in [0.29, 0.717) is 22.1 Å². The minimum Gasteiger partial charge on any atom is -0.493 e. The molecule has 0 atom stereocenters. The predicted octanol–water partition coefficient (Wildman–Crippen LogP) is 5.12. The third kappa shape index (κ3) is 5.63. The lowest BCUT2D eigenvalue weighted by Crippen LogP contribution is -2.38. The summed E-state index contributed by atoms with van der Waals surface area (Å²) >= 11 is 6.00. The molecule has 0 fully saturated rings. The van der Waals surface area contributed by atoms with E-state index >= 15 is 0 Å². The first-order valence-corrected chi connectivity index (χ1v) is 12.3. The summed E-state index contributed by atoms with van der Waals surface area (Å²) in [4.78, 5) is 13.0. The third-order valence-electron chi connectivity index (χ3n) is 5.19. The molecule has 0 saturated heterocycles. The minimum absolute atomic E-state index is 0.0280. The van der Waals surface area contributed by atoms with Crippen LogP contribution in [0.5, 0.6) is 11.5 Å². The van der Waals surface area contributed by atoms with Gasteiger partial charge in [0.15, 0.2) is 11.5 Å². The van der Waals surface area contributed by atoms with E-state index in [1.807, 2.05) is 26.8 Å². The van der Waals surface area contributed by atoms with Crippen LogP contribution in [0.3, 0.4) is 0 Å². The van der Waals surface area contributed by atoms with Crippen molar-refractivity contribution < 1.29 is 22.7 Å². The van der Waals surface area contributed by atoms with Gasteiger partial charge in [-0.1, -0.05) is 17.7 Å².